The van der Waals surface area contributed by atoms with Crippen molar-refractivity contribution in [3.8, 4) is 11.6 Å². The first-order valence-electron chi connectivity index (χ1n) is 10.8. The third-order valence-corrected chi connectivity index (χ3v) is 8.35. The molecule has 12 heteroatoms. The van der Waals surface area contributed by atoms with Crippen LogP contribution in [0.5, 0.6) is 0 Å². The van der Waals surface area contributed by atoms with Gasteiger partial charge in [0.25, 0.3) is 5.95 Å². The minimum absolute atomic E-state index is 0.0118. The summed E-state index contributed by atoms with van der Waals surface area (Å²) in [4.78, 5) is 23.3. The van der Waals surface area contributed by atoms with Crippen molar-refractivity contribution in [2.75, 3.05) is 25.0 Å². The summed E-state index contributed by atoms with van der Waals surface area (Å²) < 4.78 is 32.0. The van der Waals surface area contributed by atoms with Gasteiger partial charge in [0.05, 0.1) is 5.25 Å². The Morgan fingerprint density at radius 3 is 2.42 bits per heavy atom. The fourth-order valence-corrected chi connectivity index (χ4v) is 5.74. The molecule has 1 aromatic carbocycles. The Kier molecular flexibility index (Phi) is 5.62. The van der Waals surface area contributed by atoms with E-state index in [4.69, 9.17) is 4.52 Å². The zero-order valence-electron chi connectivity index (χ0n) is 18.2. The van der Waals surface area contributed by atoms with Crippen LogP contribution < -0.4 is 4.90 Å². The minimum atomic E-state index is -3.16. The molecule has 0 radical (unpaired) electrons. The van der Waals surface area contributed by atoms with Crippen molar-refractivity contribution in [2.24, 2.45) is 4.99 Å². The van der Waals surface area contributed by atoms with Crippen molar-refractivity contribution in [1.29, 1.82) is 0 Å². The molecule has 172 valence electrons. The summed E-state index contributed by atoms with van der Waals surface area (Å²) in [6, 6.07) is 9.65. The SMILES string of the molecule is C=Nc1nc(-c2noc(C3CCN(S(=O)(=O)C4CC4)CC3)n2)nc(N(C)c2ccccc2)n1. The monoisotopic (exact) mass is 468 g/mol. The molecule has 0 spiro atoms. The van der Waals surface area contributed by atoms with Crippen LogP contribution in [0, 0.1) is 0 Å². The summed E-state index contributed by atoms with van der Waals surface area (Å²) in [6.07, 6.45) is 2.80. The molecule has 3 heterocycles. The summed E-state index contributed by atoms with van der Waals surface area (Å²) in [6.45, 7) is 4.45. The maximum atomic E-state index is 12.5. The van der Waals surface area contributed by atoms with Gasteiger partial charge in [-0.05, 0) is 44.5 Å². The number of para-hydroxylation sites is 1. The molecule has 0 unspecified atom stereocenters. The van der Waals surface area contributed by atoms with Gasteiger partial charge in [0.2, 0.25) is 33.5 Å². The van der Waals surface area contributed by atoms with E-state index in [0.717, 1.165) is 18.5 Å². The molecule has 1 aliphatic carbocycles. The Labute approximate surface area is 191 Å². The van der Waals surface area contributed by atoms with E-state index in [1.165, 1.54) is 0 Å². The van der Waals surface area contributed by atoms with E-state index < -0.39 is 10.0 Å². The molecule has 2 fully saturated rings. The number of nitrogens with zero attached hydrogens (tertiary/aromatic N) is 8. The lowest BCUT2D eigenvalue weighted by Crippen LogP contribution is -2.39. The molecule has 3 aromatic rings. The van der Waals surface area contributed by atoms with E-state index in [0.29, 0.717) is 37.8 Å². The molecule has 0 bridgehead atoms. The average molecular weight is 469 g/mol. The molecule has 0 atom stereocenters. The second-order valence-corrected chi connectivity index (χ2v) is 10.4. The van der Waals surface area contributed by atoms with Crippen LogP contribution in [-0.4, -0.2) is 69.9 Å². The molecule has 0 amide bonds. The molecular weight excluding hydrogens is 444 g/mol. The lowest BCUT2D eigenvalue weighted by molar-refractivity contribution is 0.270. The Hall–Kier alpha value is -3.25. The zero-order valence-corrected chi connectivity index (χ0v) is 19.0. The standard InChI is InChI=1S/C21H24N8O3S/c1-22-20-24-17(25-21(26-20)28(2)15-6-4-3-5-7-15)18-23-19(32-27-18)14-10-12-29(13-11-14)33(30,31)16-8-9-16/h3-7,14,16H,1,8-13H2,2H3. The summed E-state index contributed by atoms with van der Waals surface area (Å²) >= 11 is 0. The van der Waals surface area contributed by atoms with E-state index in [2.05, 4.69) is 36.8 Å². The molecule has 1 saturated carbocycles. The van der Waals surface area contributed by atoms with Gasteiger partial charge in [-0.1, -0.05) is 23.4 Å². The maximum absolute atomic E-state index is 12.5. The number of piperidine rings is 1. The Balaban J connectivity index is 1.35. The van der Waals surface area contributed by atoms with Crippen molar-refractivity contribution in [1.82, 2.24) is 29.4 Å². The molecule has 1 aliphatic heterocycles. The van der Waals surface area contributed by atoms with Gasteiger partial charge < -0.3 is 9.42 Å². The van der Waals surface area contributed by atoms with Gasteiger partial charge in [-0.15, -0.1) is 0 Å². The first-order valence-corrected chi connectivity index (χ1v) is 12.3. The second-order valence-electron chi connectivity index (χ2n) is 8.19. The topological polar surface area (TPSA) is 131 Å². The fraction of sp³-hybridized carbons (Fsp3) is 0.429. The van der Waals surface area contributed by atoms with Crippen LogP contribution in [-0.2, 0) is 10.0 Å². The third-order valence-electron chi connectivity index (χ3n) is 5.95. The molecular formula is C21H24N8O3S. The highest BCUT2D eigenvalue weighted by atomic mass is 32.2. The van der Waals surface area contributed by atoms with Crippen molar-refractivity contribution in [2.45, 2.75) is 36.9 Å². The van der Waals surface area contributed by atoms with Gasteiger partial charge in [0.15, 0.2) is 0 Å². The van der Waals surface area contributed by atoms with Gasteiger partial charge in [-0.2, -0.15) is 19.9 Å². The number of hydrogen-bond acceptors (Lipinski definition) is 10. The van der Waals surface area contributed by atoms with Gasteiger partial charge >= 0.3 is 0 Å². The summed E-state index contributed by atoms with van der Waals surface area (Å²) in [7, 11) is -1.32. The first-order chi connectivity index (χ1) is 16.0. The molecule has 2 aliphatic rings. The van der Waals surface area contributed by atoms with E-state index in [1.807, 2.05) is 37.4 Å². The normalized spacial score (nSPS) is 17.7. The van der Waals surface area contributed by atoms with E-state index in [9.17, 15) is 8.42 Å². The number of benzene rings is 1. The average Bonchev–Trinajstić information content (AvgIpc) is 3.61. The Morgan fingerprint density at radius 1 is 1.03 bits per heavy atom. The quantitative estimate of drug-likeness (QED) is 0.480. The van der Waals surface area contributed by atoms with Crippen LogP contribution in [0.3, 0.4) is 0 Å². The smallest absolute Gasteiger partial charge is 0.254 e. The van der Waals surface area contributed by atoms with Crippen LogP contribution in [0.15, 0.2) is 39.8 Å². The molecule has 1 saturated heterocycles. The number of sulfonamides is 1. The van der Waals surface area contributed by atoms with Crippen LogP contribution in [0.4, 0.5) is 17.6 Å². The zero-order chi connectivity index (χ0) is 23.0. The minimum Gasteiger partial charge on any atom is -0.339 e. The molecule has 2 aromatic heterocycles. The van der Waals surface area contributed by atoms with Crippen molar-refractivity contribution < 1.29 is 12.9 Å². The Morgan fingerprint density at radius 2 is 1.76 bits per heavy atom. The van der Waals surface area contributed by atoms with Crippen LogP contribution >= 0.6 is 0 Å². The fourth-order valence-electron chi connectivity index (χ4n) is 3.87. The third kappa shape index (κ3) is 4.35. The maximum Gasteiger partial charge on any atom is 0.254 e. The molecule has 33 heavy (non-hydrogen) atoms. The second kappa shape index (κ2) is 8.60. The number of anilines is 2. The lowest BCUT2D eigenvalue weighted by Gasteiger charge is -2.29. The summed E-state index contributed by atoms with van der Waals surface area (Å²) in [5.41, 5.74) is 0.895. The largest absolute Gasteiger partial charge is 0.339 e. The predicted octanol–water partition coefficient (Wildman–Crippen LogP) is 2.69. The van der Waals surface area contributed by atoms with Crippen molar-refractivity contribution >= 4 is 34.3 Å². The van der Waals surface area contributed by atoms with Crippen LogP contribution in [0.25, 0.3) is 11.6 Å². The van der Waals surface area contributed by atoms with Crippen LogP contribution in [0.1, 0.15) is 37.5 Å². The van der Waals surface area contributed by atoms with Crippen molar-refractivity contribution in [3.05, 3.63) is 36.2 Å². The first kappa shape index (κ1) is 21.6. The van der Waals surface area contributed by atoms with Gasteiger partial charge in [0.1, 0.15) is 0 Å². The highest BCUT2D eigenvalue weighted by molar-refractivity contribution is 7.90. The van der Waals surface area contributed by atoms with Gasteiger partial charge in [-0.25, -0.2) is 17.7 Å². The van der Waals surface area contributed by atoms with Crippen molar-refractivity contribution in [3.63, 3.8) is 0 Å². The highest BCUT2D eigenvalue weighted by Crippen LogP contribution is 2.35. The van der Waals surface area contributed by atoms with Gasteiger partial charge in [0, 0.05) is 31.7 Å². The molecule has 0 N–H and O–H groups in total. The van der Waals surface area contributed by atoms with Gasteiger partial charge in [-0.3, -0.25) is 0 Å². The van der Waals surface area contributed by atoms with E-state index in [-0.39, 0.29) is 28.8 Å². The number of aliphatic imine (C=N–C) groups is 1. The molecule has 5 rings (SSSR count). The number of hydrogen-bond donors (Lipinski definition) is 0. The van der Waals surface area contributed by atoms with Crippen LogP contribution in [0.2, 0.25) is 0 Å². The van der Waals surface area contributed by atoms with E-state index >= 15 is 0 Å². The summed E-state index contributed by atoms with van der Waals surface area (Å²) in [5, 5.41) is 3.87. The summed E-state index contributed by atoms with van der Waals surface area (Å²) in [5.74, 6) is 1.44. The number of rotatable bonds is 7. The predicted molar refractivity (Wildman–Crippen MR) is 122 cm³/mol. The highest BCUT2D eigenvalue weighted by Gasteiger charge is 2.41. The Bertz CT molecular complexity index is 1250. The number of aromatic nitrogens is 5. The molecule has 11 nitrogen and oxygen atoms in total. The lowest BCUT2D eigenvalue weighted by atomic mass is 9.98. The van der Waals surface area contributed by atoms with E-state index in [1.54, 1.807) is 9.21 Å².